The van der Waals surface area contributed by atoms with Crippen LogP contribution in [0.1, 0.15) is 22.3 Å². The Morgan fingerprint density at radius 3 is 2.70 bits per heavy atom. The molecule has 5 nitrogen and oxygen atoms in total. The summed E-state index contributed by atoms with van der Waals surface area (Å²) in [5.74, 6) is -0.203. The lowest BCUT2D eigenvalue weighted by molar-refractivity contribution is 0.0724. The van der Waals surface area contributed by atoms with Crippen molar-refractivity contribution < 1.29 is 17.9 Å². The van der Waals surface area contributed by atoms with E-state index in [1.54, 1.807) is 31.1 Å². The van der Waals surface area contributed by atoms with Gasteiger partial charge >= 0.3 is 0 Å². The number of carbonyl (C=O) groups is 1. The first-order chi connectivity index (χ1) is 9.32. The number of halogens is 1. The van der Waals surface area contributed by atoms with Crippen molar-refractivity contribution in [2.45, 2.75) is 24.3 Å². The van der Waals surface area contributed by atoms with Gasteiger partial charge in [-0.2, -0.15) is 0 Å². The molecule has 0 aromatic heterocycles. The smallest absolute Gasteiger partial charge is 0.261 e. The Labute approximate surface area is 122 Å². The molecule has 2 rings (SSSR count). The van der Waals surface area contributed by atoms with Crippen molar-refractivity contribution in [3.63, 3.8) is 0 Å². The Bertz CT molecular complexity index is 629. The molecule has 0 radical (unpaired) electrons. The quantitative estimate of drug-likeness (QED) is 0.797. The number of hydrogen-bond donors (Lipinski definition) is 0. The third-order valence-electron chi connectivity index (χ3n) is 3.46. The van der Waals surface area contributed by atoms with Crippen LogP contribution in [0.25, 0.3) is 0 Å². The fourth-order valence-corrected chi connectivity index (χ4v) is 3.50. The van der Waals surface area contributed by atoms with Crippen LogP contribution in [0, 0.1) is 6.92 Å². The SMILES string of the molecule is COC1CCN(C(=O)c2ccc(C)c(S(=O)(=O)Cl)c2)C1. The zero-order valence-electron chi connectivity index (χ0n) is 11.3. The summed E-state index contributed by atoms with van der Waals surface area (Å²) in [6.07, 6.45) is 0.829. The summed E-state index contributed by atoms with van der Waals surface area (Å²) < 4.78 is 28.2. The first kappa shape index (κ1) is 15.3. The van der Waals surface area contributed by atoms with Crippen LogP contribution >= 0.6 is 10.7 Å². The Morgan fingerprint density at radius 2 is 2.15 bits per heavy atom. The Balaban J connectivity index is 2.28. The molecular weight excluding hydrogens is 302 g/mol. The van der Waals surface area contributed by atoms with E-state index in [9.17, 15) is 13.2 Å². The van der Waals surface area contributed by atoms with Crippen molar-refractivity contribution in [2.24, 2.45) is 0 Å². The molecule has 7 heteroatoms. The van der Waals surface area contributed by atoms with Gasteiger partial charge in [0, 0.05) is 36.4 Å². The summed E-state index contributed by atoms with van der Waals surface area (Å²) in [6, 6.07) is 4.54. The van der Waals surface area contributed by atoms with Gasteiger partial charge in [-0.3, -0.25) is 4.79 Å². The van der Waals surface area contributed by atoms with Crippen LogP contribution in [0.5, 0.6) is 0 Å². The molecule has 110 valence electrons. The Hall–Kier alpha value is -1.11. The maximum absolute atomic E-state index is 12.3. The Morgan fingerprint density at radius 1 is 1.45 bits per heavy atom. The van der Waals surface area contributed by atoms with E-state index < -0.39 is 9.05 Å². The van der Waals surface area contributed by atoms with Crippen molar-refractivity contribution >= 4 is 25.6 Å². The molecule has 1 fully saturated rings. The first-order valence-electron chi connectivity index (χ1n) is 6.20. The van der Waals surface area contributed by atoms with E-state index in [0.29, 0.717) is 24.2 Å². The zero-order chi connectivity index (χ0) is 14.9. The van der Waals surface area contributed by atoms with E-state index in [1.807, 2.05) is 0 Å². The third-order valence-corrected chi connectivity index (χ3v) is 4.93. The van der Waals surface area contributed by atoms with Crippen LogP contribution in [0.4, 0.5) is 0 Å². The molecule has 1 aliphatic rings. The molecule has 0 aliphatic carbocycles. The van der Waals surface area contributed by atoms with Gasteiger partial charge in [0.15, 0.2) is 0 Å². The number of carbonyl (C=O) groups excluding carboxylic acids is 1. The molecule has 1 unspecified atom stereocenters. The molecule has 1 heterocycles. The minimum absolute atomic E-state index is 0.0208. The van der Waals surface area contributed by atoms with Crippen LogP contribution in [-0.4, -0.2) is 45.5 Å². The largest absolute Gasteiger partial charge is 0.380 e. The summed E-state index contributed by atoms with van der Waals surface area (Å²) in [7, 11) is 3.14. The zero-order valence-corrected chi connectivity index (χ0v) is 12.9. The maximum Gasteiger partial charge on any atom is 0.261 e. The number of likely N-dealkylation sites (tertiary alicyclic amines) is 1. The highest BCUT2D eigenvalue weighted by atomic mass is 35.7. The van der Waals surface area contributed by atoms with Crippen LogP contribution in [0.3, 0.4) is 0 Å². The molecule has 0 saturated carbocycles. The van der Waals surface area contributed by atoms with Crippen LogP contribution in [0.2, 0.25) is 0 Å². The van der Waals surface area contributed by atoms with Gasteiger partial charge in [0.1, 0.15) is 0 Å². The molecule has 1 atom stereocenters. The minimum Gasteiger partial charge on any atom is -0.380 e. The molecule has 1 saturated heterocycles. The lowest BCUT2D eigenvalue weighted by Gasteiger charge is -2.16. The van der Waals surface area contributed by atoms with Gasteiger partial charge in [0.25, 0.3) is 15.0 Å². The average molecular weight is 318 g/mol. The molecule has 1 aliphatic heterocycles. The summed E-state index contributed by atoms with van der Waals surface area (Å²) in [6.45, 7) is 2.76. The lowest BCUT2D eigenvalue weighted by Crippen LogP contribution is -2.30. The van der Waals surface area contributed by atoms with Gasteiger partial charge in [0.2, 0.25) is 0 Å². The highest BCUT2D eigenvalue weighted by Gasteiger charge is 2.27. The van der Waals surface area contributed by atoms with Gasteiger partial charge in [-0.25, -0.2) is 8.42 Å². The Kier molecular flexibility index (Phi) is 4.36. The van der Waals surface area contributed by atoms with Gasteiger partial charge in [-0.15, -0.1) is 0 Å². The van der Waals surface area contributed by atoms with Crippen LogP contribution in [-0.2, 0) is 13.8 Å². The van der Waals surface area contributed by atoms with Gasteiger partial charge in [-0.05, 0) is 31.0 Å². The standard InChI is InChI=1S/C13H16ClNO4S/c1-9-3-4-10(7-12(9)20(14,17)18)13(16)15-6-5-11(8-15)19-2/h3-4,7,11H,5-6,8H2,1-2H3. The lowest BCUT2D eigenvalue weighted by atomic mass is 10.1. The number of amides is 1. The summed E-state index contributed by atoms with van der Waals surface area (Å²) in [5.41, 5.74) is 0.847. The number of nitrogens with zero attached hydrogens (tertiary/aromatic N) is 1. The topological polar surface area (TPSA) is 63.7 Å². The molecule has 1 amide bonds. The van der Waals surface area contributed by atoms with E-state index in [0.717, 1.165) is 6.42 Å². The molecule has 1 aromatic carbocycles. The first-order valence-corrected chi connectivity index (χ1v) is 8.51. The van der Waals surface area contributed by atoms with Gasteiger partial charge in [-0.1, -0.05) is 6.07 Å². The van der Waals surface area contributed by atoms with Gasteiger partial charge in [0.05, 0.1) is 11.0 Å². The number of hydrogen-bond acceptors (Lipinski definition) is 4. The second-order valence-corrected chi connectivity index (χ2v) is 7.35. The number of rotatable bonds is 3. The number of ether oxygens (including phenoxy) is 1. The molecule has 0 bridgehead atoms. The van der Waals surface area contributed by atoms with E-state index in [4.69, 9.17) is 15.4 Å². The van der Waals surface area contributed by atoms with E-state index in [-0.39, 0.29) is 16.9 Å². The van der Waals surface area contributed by atoms with Crippen molar-refractivity contribution in [3.8, 4) is 0 Å². The van der Waals surface area contributed by atoms with E-state index in [1.165, 1.54) is 6.07 Å². The number of methoxy groups -OCH3 is 1. The highest BCUT2D eigenvalue weighted by Crippen LogP contribution is 2.23. The number of benzene rings is 1. The fourth-order valence-electron chi connectivity index (χ4n) is 2.28. The van der Waals surface area contributed by atoms with Crippen LogP contribution < -0.4 is 0 Å². The summed E-state index contributed by atoms with van der Waals surface area (Å²) in [5, 5.41) is 0. The third kappa shape index (κ3) is 3.13. The van der Waals surface area contributed by atoms with Gasteiger partial charge < -0.3 is 9.64 Å². The second-order valence-electron chi connectivity index (χ2n) is 4.82. The van der Waals surface area contributed by atoms with Crippen molar-refractivity contribution in [3.05, 3.63) is 29.3 Å². The minimum atomic E-state index is -3.85. The normalized spacial score (nSPS) is 19.4. The van der Waals surface area contributed by atoms with Crippen LogP contribution in [0.15, 0.2) is 23.1 Å². The molecule has 0 N–H and O–H groups in total. The second kappa shape index (κ2) is 5.71. The highest BCUT2D eigenvalue weighted by molar-refractivity contribution is 8.13. The van der Waals surface area contributed by atoms with Crippen molar-refractivity contribution in [2.75, 3.05) is 20.2 Å². The van der Waals surface area contributed by atoms with E-state index in [2.05, 4.69) is 0 Å². The predicted molar refractivity (Wildman–Crippen MR) is 75.5 cm³/mol. The summed E-state index contributed by atoms with van der Waals surface area (Å²) in [4.78, 5) is 14.0. The molecule has 0 spiro atoms. The number of aryl methyl sites for hydroxylation is 1. The monoisotopic (exact) mass is 317 g/mol. The molecule has 1 aromatic rings. The fraction of sp³-hybridized carbons (Fsp3) is 0.462. The van der Waals surface area contributed by atoms with Crippen molar-refractivity contribution in [1.29, 1.82) is 0 Å². The predicted octanol–water partition coefficient (Wildman–Crippen LogP) is 1.78. The molecular formula is C13H16ClNO4S. The summed E-state index contributed by atoms with van der Waals surface area (Å²) >= 11 is 0. The maximum atomic E-state index is 12.3. The molecule has 20 heavy (non-hydrogen) atoms. The van der Waals surface area contributed by atoms with Crippen molar-refractivity contribution in [1.82, 2.24) is 4.90 Å². The van der Waals surface area contributed by atoms with E-state index >= 15 is 0 Å². The average Bonchev–Trinajstić information content (AvgIpc) is 2.86.